The summed E-state index contributed by atoms with van der Waals surface area (Å²) in [6, 6.07) is 18.2. The van der Waals surface area contributed by atoms with Gasteiger partial charge in [-0.25, -0.2) is 0 Å². The second kappa shape index (κ2) is 23.2. The minimum atomic E-state index is -1.90. The first-order valence-electron chi connectivity index (χ1n) is 16.3. The molecule has 0 bridgehead atoms. The molecule has 0 unspecified atom stereocenters. The van der Waals surface area contributed by atoms with E-state index >= 15 is 0 Å². The quantitative estimate of drug-likeness (QED) is 0.0782. The van der Waals surface area contributed by atoms with Crippen LogP contribution in [0.1, 0.15) is 153 Å². The summed E-state index contributed by atoms with van der Waals surface area (Å²) in [7, 11) is 7.37. The van der Waals surface area contributed by atoms with Crippen LogP contribution in [0, 0.1) is 7.14 Å². The second-order valence-corrected chi connectivity index (χ2v) is 16.9. The molecule has 2 aromatic rings. The van der Waals surface area contributed by atoms with Crippen molar-refractivity contribution in [1.82, 2.24) is 0 Å². The number of benzene rings is 2. The van der Waals surface area contributed by atoms with E-state index in [1.807, 2.05) is 0 Å². The number of aryl methyl sites for hydroxylation is 2. The molecule has 0 nitrogen and oxygen atoms in total. The molecule has 0 amide bonds. The Morgan fingerprint density at radius 3 is 1.05 bits per heavy atom. The Kier molecular flexibility index (Phi) is 20.5. The molecule has 0 aliphatic heterocycles. The molecule has 0 heterocycles. The van der Waals surface area contributed by atoms with Gasteiger partial charge < -0.3 is 0 Å². The van der Waals surface area contributed by atoms with Gasteiger partial charge in [0.1, 0.15) is 0 Å². The summed E-state index contributed by atoms with van der Waals surface area (Å²) in [4.78, 5) is 0. The van der Waals surface area contributed by atoms with Gasteiger partial charge >= 0.3 is 223 Å². The van der Waals surface area contributed by atoms with E-state index in [1.54, 1.807) is 0 Å². The molecule has 216 valence electrons. The van der Waals surface area contributed by atoms with Gasteiger partial charge in [0.05, 0.1) is 0 Å². The van der Waals surface area contributed by atoms with E-state index in [1.165, 1.54) is 160 Å². The van der Waals surface area contributed by atoms with Crippen molar-refractivity contribution in [3.05, 3.63) is 66.8 Å². The number of halogens is 2. The van der Waals surface area contributed by atoms with Crippen LogP contribution in [0.2, 0.25) is 0 Å². The minimum absolute atomic E-state index is 1.19. The monoisotopic (exact) mass is 652 g/mol. The van der Waals surface area contributed by atoms with Crippen molar-refractivity contribution < 1.29 is 0 Å². The molecule has 2 aromatic carbocycles. The fourth-order valence-electron chi connectivity index (χ4n) is 5.44. The van der Waals surface area contributed by atoms with E-state index in [9.17, 15) is 0 Å². The number of hydrogen-bond acceptors (Lipinski definition) is 0. The van der Waals surface area contributed by atoms with Crippen LogP contribution >= 0.6 is 27.6 Å². The molecule has 0 aliphatic rings. The van der Waals surface area contributed by atoms with E-state index in [2.05, 4.69) is 62.4 Å². The Balaban J connectivity index is 1.74. The van der Waals surface area contributed by atoms with E-state index in [0.717, 1.165) is 0 Å². The predicted molar refractivity (Wildman–Crippen MR) is 181 cm³/mol. The van der Waals surface area contributed by atoms with Crippen LogP contribution in [0.25, 0.3) is 0 Å². The van der Waals surface area contributed by atoms with Crippen molar-refractivity contribution in [2.24, 2.45) is 0 Å². The van der Waals surface area contributed by atoms with Gasteiger partial charge in [-0.2, -0.15) is 0 Å². The Bertz CT molecular complexity index is 749. The standard InChI is InChI=1S/C36H58ClI/c1-3-5-7-9-11-13-15-17-19-21-27-33-29-23-25-31-35(33)38(37)36-32-26-24-30-34(36)28-22-20-18-16-14-12-10-8-6-4-2/h23-26,29-32H,3-22,27-28H2,1-2H3. The fraction of sp³-hybridized carbons (Fsp3) is 0.667. The van der Waals surface area contributed by atoms with Gasteiger partial charge in [-0.05, 0) is 0 Å². The summed E-state index contributed by atoms with van der Waals surface area (Å²) in [5.74, 6) is 0. The smallest absolute Gasteiger partial charge is 0.0654 e. The van der Waals surface area contributed by atoms with Crippen LogP contribution in [-0.2, 0) is 12.8 Å². The van der Waals surface area contributed by atoms with Gasteiger partial charge in [0.2, 0.25) is 0 Å². The van der Waals surface area contributed by atoms with Crippen molar-refractivity contribution in [3.63, 3.8) is 0 Å². The van der Waals surface area contributed by atoms with Crippen LogP contribution < -0.4 is 0 Å². The van der Waals surface area contributed by atoms with Crippen LogP contribution in [-0.4, -0.2) is 0 Å². The van der Waals surface area contributed by atoms with Gasteiger partial charge in [0.25, 0.3) is 0 Å². The molecule has 2 heteroatoms. The number of rotatable bonds is 24. The maximum atomic E-state index is 7.37. The summed E-state index contributed by atoms with van der Waals surface area (Å²) in [5, 5.41) is 0. The third-order valence-electron chi connectivity index (χ3n) is 7.87. The molecule has 0 spiro atoms. The topological polar surface area (TPSA) is 0 Å². The molecule has 0 aromatic heterocycles. The Labute approximate surface area is 248 Å². The number of hydrogen-bond donors (Lipinski definition) is 0. The maximum absolute atomic E-state index is 7.37. The van der Waals surface area contributed by atoms with Crippen LogP contribution in [0.3, 0.4) is 0 Å². The minimum Gasteiger partial charge on any atom is -0.0654 e. The average molecular weight is 653 g/mol. The van der Waals surface area contributed by atoms with E-state index in [-0.39, 0.29) is 0 Å². The zero-order valence-corrected chi connectivity index (χ0v) is 27.8. The predicted octanol–water partition coefficient (Wildman–Crippen LogP) is 13.3. The summed E-state index contributed by atoms with van der Waals surface area (Å²) < 4.78 is 2.95. The van der Waals surface area contributed by atoms with E-state index in [0.29, 0.717) is 0 Å². The summed E-state index contributed by atoms with van der Waals surface area (Å²) in [6.07, 6.45) is 30.2. The Hall–Kier alpha value is -0.540. The number of unbranched alkanes of at least 4 members (excludes halogenated alkanes) is 18. The molecule has 2 rings (SSSR count). The molecule has 0 N–H and O–H groups in total. The van der Waals surface area contributed by atoms with Crippen molar-refractivity contribution >= 4 is 27.6 Å². The van der Waals surface area contributed by atoms with Gasteiger partial charge in [-0.3, -0.25) is 0 Å². The first-order valence-corrected chi connectivity index (χ1v) is 21.2. The molecular formula is C36H58ClI. The zero-order chi connectivity index (χ0) is 27.1. The average Bonchev–Trinajstić information content (AvgIpc) is 2.95. The third-order valence-corrected chi connectivity index (χ3v) is 14.1. The molecule has 0 radical (unpaired) electrons. The van der Waals surface area contributed by atoms with Crippen molar-refractivity contribution in [2.45, 2.75) is 155 Å². The molecule has 0 atom stereocenters. The first-order chi connectivity index (χ1) is 18.8. The van der Waals surface area contributed by atoms with E-state index < -0.39 is 18.7 Å². The van der Waals surface area contributed by atoms with E-state index in [4.69, 9.17) is 8.91 Å². The second-order valence-electron chi connectivity index (χ2n) is 11.3. The Morgan fingerprint density at radius 1 is 0.421 bits per heavy atom. The van der Waals surface area contributed by atoms with Gasteiger partial charge in [0.15, 0.2) is 0 Å². The molecular weight excluding hydrogens is 595 g/mol. The zero-order valence-electron chi connectivity index (χ0n) is 24.9. The van der Waals surface area contributed by atoms with Gasteiger partial charge in [0, 0.05) is 0 Å². The van der Waals surface area contributed by atoms with Crippen molar-refractivity contribution in [2.75, 3.05) is 0 Å². The molecule has 0 aliphatic carbocycles. The Morgan fingerprint density at radius 2 is 0.711 bits per heavy atom. The normalized spacial score (nSPS) is 11.7. The fourth-order valence-corrected chi connectivity index (χ4v) is 11.1. The van der Waals surface area contributed by atoms with Gasteiger partial charge in [-0.15, -0.1) is 0 Å². The molecule has 0 saturated carbocycles. The third kappa shape index (κ3) is 14.7. The summed E-state index contributed by atoms with van der Waals surface area (Å²) >= 11 is -1.90. The van der Waals surface area contributed by atoms with Gasteiger partial charge in [-0.1, -0.05) is 26.7 Å². The van der Waals surface area contributed by atoms with Crippen LogP contribution in [0.5, 0.6) is 0 Å². The molecule has 0 fully saturated rings. The SMILES string of the molecule is CCCCCCCCCCCCc1ccccc1I(Cl)c1ccccc1CCCCCCCCCCCC. The van der Waals surface area contributed by atoms with Crippen LogP contribution in [0.15, 0.2) is 48.5 Å². The molecule has 38 heavy (non-hydrogen) atoms. The van der Waals surface area contributed by atoms with Crippen LogP contribution in [0.4, 0.5) is 0 Å². The molecule has 0 saturated heterocycles. The van der Waals surface area contributed by atoms with Crippen molar-refractivity contribution in [1.29, 1.82) is 0 Å². The first kappa shape index (κ1) is 33.7. The van der Waals surface area contributed by atoms with Crippen molar-refractivity contribution in [3.8, 4) is 0 Å². The summed E-state index contributed by atoms with van der Waals surface area (Å²) in [6.45, 7) is 4.59. The summed E-state index contributed by atoms with van der Waals surface area (Å²) in [5.41, 5.74) is 3.03.